The number of hydrogen-bond acceptors (Lipinski definition) is 3. The van der Waals surface area contributed by atoms with E-state index in [0.29, 0.717) is 6.54 Å². The van der Waals surface area contributed by atoms with Crippen LogP contribution in [0.5, 0.6) is 0 Å². The Balaban J connectivity index is 0.00000162. The van der Waals surface area contributed by atoms with Crippen LogP contribution < -0.4 is 16.8 Å². The molecule has 4 heteroatoms. The highest BCUT2D eigenvalue weighted by molar-refractivity contribution is 5.85. The molecule has 0 bridgehead atoms. The molecule has 0 radical (unpaired) electrons. The highest BCUT2D eigenvalue weighted by atomic mass is 35.5. The van der Waals surface area contributed by atoms with Crippen molar-refractivity contribution in [2.24, 2.45) is 0 Å². The molecule has 2 aromatic rings. The number of halogens is 1. The predicted octanol–water partition coefficient (Wildman–Crippen LogP) is 3.19. The summed E-state index contributed by atoms with van der Waals surface area (Å²) in [7, 11) is 0. The van der Waals surface area contributed by atoms with Crippen LogP contribution in [0.15, 0.2) is 42.5 Å². The van der Waals surface area contributed by atoms with Gasteiger partial charge < -0.3 is 16.8 Å². The molecule has 18 heavy (non-hydrogen) atoms. The van der Waals surface area contributed by atoms with E-state index in [-0.39, 0.29) is 12.4 Å². The molecule has 0 fully saturated rings. The van der Waals surface area contributed by atoms with Gasteiger partial charge in [0.1, 0.15) is 0 Å². The third-order valence-corrected chi connectivity index (χ3v) is 2.70. The maximum atomic E-state index is 5.88. The van der Waals surface area contributed by atoms with E-state index in [1.54, 1.807) is 0 Å². The second kappa shape index (κ2) is 6.17. The number of aryl methyl sites for hydroxylation is 1. The lowest BCUT2D eigenvalue weighted by atomic mass is 10.1. The van der Waals surface area contributed by atoms with Gasteiger partial charge in [-0.05, 0) is 42.8 Å². The van der Waals surface area contributed by atoms with Crippen LogP contribution in [-0.2, 0) is 6.54 Å². The first-order chi connectivity index (χ1) is 8.15. The molecular formula is C14H18ClN3. The summed E-state index contributed by atoms with van der Waals surface area (Å²) in [6, 6.07) is 13.8. The lowest BCUT2D eigenvalue weighted by molar-refractivity contribution is 1.15. The van der Waals surface area contributed by atoms with Crippen LogP contribution in [-0.4, -0.2) is 0 Å². The second-order valence-corrected chi connectivity index (χ2v) is 4.18. The molecule has 0 saturated carbocycles. The van der Waals surface area contributed by atoms with Crippen LogP contribution in [0.4, 0.5) is 17.1 Å². The minimum absolute atomic E-state index is 0. The van der Waals surface area contributed by atoms with Crippen molar-refractivity contribution < 1.29 is 0 Å². The van der Waals surface area contributed by atoms with Gasteiger partial charge in [0.15, 0.2) is 0 Å². The Labute approximate surface area is 114 Å². The molecule has 3 nitrogen and oxygen atoms in total. The summed E-state index contributed by atoms with van der Waals surface area (Å²) < 4.78 is 0. The Morgan fingerprint density at radius 1 is 1.00 bits per heavy atom. The van der Waals surface area contributed by atoms with Crippen molar-refractivity contribution in [3.8, 4) is 0 Å². The van der Waals surface area contributed by atoms with Crippen LogP contribution in [0.25, 0.3) is 0 Å². The number of rotatable bonds is 3. The fourth-order valence-corrected chi connectivity index (χ4v) is 1.65. The Bertz CT molecular complexity index is 509. The number of anilines is 3. The van der Waals surface area contributed by atoms with Crippen molar-refractivity contribution in [2.75, 3.05) is 16.8 Å². The number of hydrogen-bond donors (Lipinski definition) is 3. The molecular weight excluding hydrogens is 246 g/mol. The largest absolute Gasteiger partial charge is 0.399 e. The van der Waals surface area contributed by atoms with E-state index in [1.165, 1.54) is 5.56 Å². The third kappa shape index (κ3) is 3.57. The Morgan fingerprint density at radius 3 is 2.33 bits per heavy atom. The van der Waals surface area contributed by atoms with Gasteiger partial charge in [0.05, 0.1) is 0 Å². The van der Waals surface area contributed by atoms with Gasteiger partial charge in [0, 0.05) is 23.6 Å². The fourth-order valence-electron chi connectivity index (χ4n) is 1.65. The van der Waals surface area contributed by atoms with E-state index in [1.807, 2.05) is 18.2 Å². The molecule has 0 heterocycles. The molecule has 0 aliphatic heterocycles. The average Bonchev–Trinajstić information content (AvgIpc) is 2.32. The van der Waals surface area contributed by atoms with E-state index in [9.17, 15) is 0 Å². The number of benzene rings is 2. The lowest BCUT2D eigenvalue weighted by Gasteiger charge is -2.09. The summed E-state index contributed by atoms with van der Waals surface area (Å²) in [6.45, 7) is 2.75. The zero-order valence-corrected chi connectivity index (χ0v) is 11.1. The fraction of sp³-hybridized carbons (Fsp3) is 0.143. The number of nitrogen functional groups attached to an aromatic ring is 2. The molecule has 0 saturated heterocycles. The van der Waals surface area contributed by atoms with Gasteiger partial charge >= 0.3 is 0 Å². The van der Waals surface area contributed by atoms with Gasteiger partial charge in [0.25, 0.3) is 0 Å². The molecule has 0 spiro atoms. The molecule has 0 aliphatic rings. The van der Waals surface area contributed by atoms with Crippen LogP contribution >= 0.6 is 12.4 Å². The van der Waals surface area contributed by atoms with Crippen molar-refractivity contribution in [3.63, 3.8) is 0 Å². The normalized spacial score (nSPS) is 9.61. The molecule has 2 aromatic carbocycles. The van der Waals surface area contributed by atoms with Crippen molar-refractivity contribution in [1.29, 1.82) is 0 Å². The minimum Gasteiger partial charge on any atom is -0.399 e. The van der Waals surface area contributed by atoms with Crippen molar-refractivity contribution in [2.45, 2.75) is 13.5 Å². The molecule has 0 unspecified atom stereocenters. The smallest absolute Gasteiger partial charge is 0.0421 e. The third-order valence-electron chi connectivity index (χ3n) is 2.70. The Morgan fingerprint density at radius 2 is 1.67 bits per heavy atom. The number of nitrogens with one attached hydrogen (secondary N) is 1. The maximum Gasteiger partial charge on any atom is 0.0421 e. The van der Waals surface area contributed by atoms with Gasteiger partial charge in [-0.15, -0.1) is 12.4 Å². The van der Waals surface area contributed by atoms with Crippen LogP contribution in [0.3, 0.4) is 0 Å². The molecule has 0 aliphatic carbocycles. The highest BCUT2D eigenvalue weighted by Crippen LogP contribution is 2.17. The van der Waals surface area contributed by atoms with E-state index < -0.39 is 0 Å². The Hall–Kier alpha value is -1.87. The number of nitrogens with two attached hydrogens (primary N) is 2. The van der Waals surface area contributed by atoms with Crippen LogP contribution in [0.1, 0.15) is 11.1 Å². The quantitative estimate of drug-likeness (QED) is 0.745. The summed E-state index contributed by atoms with van der Waals surface area (Å²) in [5.74, 6) is 0. The van der Waals surface area contributed by atoms with Crippen LogP contribution in [0.2, 0.25) is 0 Å². The zero-order chi connectivity index (χ0) is 12.3. The van der Waals surface area contributed by atoms with Crippen LogP contribution in [0, 0.1) is 6.92 Å². The van der Waals surface area contributed by atoms with E-state index in [0.717, 1.165) is 22.6 Å². The van der Waals surface area contributed by atoms with Gasteiger partial charge in [0.2, 0.25) is 0 Å². The predicted molar refractivity (Wildman–Crippen MR) is 81.0 cm³/mol. The molecule has 96 valence electrons. The van der Waals surface area contributed by atoms with Gasteiger partial charge in [-0.1, -0.05) is 17.7 Å². The highest BCUT2D eigenvalue weighted by Gasteiger charge is 1.99. The Kier molecular flexibility index (Phi) is 4.86. The standard InChI is InChI=1S/C14H17N3.ClH/c1-10-2-5-13(6-3-10)17-9-11-8-12(15)4-7-14(11)16;/h2-8,17H,9,15-16H2,1H3;1H. The summed E-state index contributed by atoms with van der Waals surface area (Å²) in [5, 5.41) is 3.32. The van der Waals surface area contributed by atoms with Crippen molar-refractivity contribution in [3.05, 3.63) is 53.6 Å². The second-order valence-electron chi connectivity index (χ2n) is 4.18. The molecule has 0 aromatic heterocycles. The summed E-state index contributed by atoms with van der Waals surface area (Å²) in [4.78, 5) is 0. The summed E-state index contributed by atoms with van der Waals surface area (Å²) in [5.41, 5.74) is 16.5. The first kappa shape index (κ1) is 14.2. The van der Waals surface area contributed by atoms with Crippen molar-refractivity contribution >= 4 is 29.5 Å². The monoisotopic (exact) mass is 263 g/mol. The van der Waals surface area contributed by atoms with Gasteiger partial charge in [-0.2, -0.15) is 0 Å². The first-order valence-electron chi connectivity index (χ1n) is 5.59. The topological polar surface area (TPSA) is 64.1 Å². The van der Waals surface area contributed by atoms with E-state index in [2.05, 4.69) is 36.5 Å². The minimum atomic E-state index is 0. The molecule has 0 amide bonds. The summed E-state index contributed by atoms with van der Waals surface area (Å²) in [6.07, 6.45) is 0. The summed E-state index contributed by atoms with van der Waals surface area (Å²) >= 11 is 0. The molecule has 5 N–H and O–H groups in total. The van der Waals surface area contributed by atoms with E-state index in [4.69, 9.17) is 11.5 Å². The van der Waals surface area contributed by atoms with E-state index >= 15 is 0 Å². The SMILES string of the molecule is Cc1ccc(NCc2cc(N)ccc2N)cc1.Cl. The maximum absolute atomic E-state index is 5.88. The van der Waals surface area contributed by atoms with Gasteiger partial charge in [-0.3, -0.25) is 0 Å². The van der Waals surface area contributed by atoms with Crippen molar-refractivity contribution in [1.82, 2.24) is 0 Å². The first-order valence-corrected chi connectivity index (χ1v) is 5.59. The zero-order valence-electron chi connectivity index (χ0n) is 10.3. The molecule has 2 rings (SSSR count). The average molecular weight is 264 g/mol. The lowest BCUT2D eigenvalue weighted by Crippen LogP contribution is -2.03. The van der Waals surface area contributed by atoms with Gasteiger partial charge in [-0.25, -0.2) is 0 Å². The molecule has 0 atom stereocenters.